The van der Waals surface area contributed by atoms with Crippen molar-refractivity contribution >= 4 is 51.3 Å². The molecule has 0 bridgehead atoms. The first kappa shape index (κ1) is 52.4. The Bertz CT molecular complexity index is 3050. The number of aromatic nitrogens is 12. The third-order valence-corrected chi connectivity index (χ3v) is 11.7. The van der Waals surface area contributed by atoms with Crippen LogP contribution in [0.25, 0.3) is 33.5 Å². The molecule has 33 heteroatoms. The number of allylic oxidation sites excluding steroid dienone is 3. The van der Waals surface area contributed by atoms with Crippen LogP contribution in [0.4, 0.5) is 17.8 Å². The van der Waals surface area contributed by atoms with Gasteiger partial charge >= 0.3 is 17.1 Å². The lowest BCUT2D eigenvalue weighted by molar-refractivity contribution is -0.0527. The smallest absolute Gasteiger partial charge is 0.333 e. The van der Waals surface area contributed by atoms with Gasteiger partial charge in [0.15, 0.2) is 52.2 Å². The number of fused-ring (bicyclic) bond motifs is 3. The summed E-state index contributed by atoms with van der Waals surface area (Å²) in [7, 11) is 0. The van der Waals surface area contributed by atoms with Gasteiger partial charge in [0.05, 0.1) is 19.8 Å². The van der Waals surface area contributed by atoms with E-state index < -0.39 is 127 Å². The fourth-order valence-electron chi connectivity index (χ4n) is 8.46. The van der Waals surface area contributed by atoms with Gasteiger partial charge in [-0.15, -0.1) is 19.7 Å². The van der Waals surface area contributed by atoms with Crippen molar-refractivity contribution < 1.29 is 60.2 Å². The Morgan fingerprint density at radius 3 is 0.889 bits per heavy atom. The number of H-pyrrole nitrogens is 3. The molecule has 3 fully saturated rings. The van der Waals surface area contributed by atoms with Crippen molar-refractivity contribution in [1.82, 2.24) is 57.3 Å². The highest BCUT2D eigenvalue weighted by Gasteiger charge is 2.48. The molecular formula is C39H51N15O18. The molecule has 0 aliphatic carbocycles. The van der Waals surface area contributed by atoms with Crippen LogP contribution in [0.1, 0.15) is 18.7 Å². The van der Waals surface area contributed by atoms with Crippen LogP contribution in [-0.4, -0.2) is 178 Å². The molecule has 72 heavy (non-hydrogen) atoms. The second kappa shape index (κ2) is 20.7. The lowest BCUT2D eigenvalue weighted by Gasteiger charge is -2.15. The molecule has 0 saturated carbocycles. The maximum Gasteiger partial charge on any atom is 0.333 e. The van der Waals surface area contributed by atoms with Crippen molar-refractivity contribution in [3.63, 3.8) is 0 Å². The maximum atomic E-state index is 12.7. The fourth-order valence-corrected chi connectivity index (χ4v) is 8.46. The lowest BCUT2D eigenvalue weighted by Crippen LogP contribution is -2.36. The summed E-state index contributed by atoms with van der Waals surface area (Å²) in [6.45, 7) is 9.00. The van der Waals surface area contributed by atoms with Crippen molar-refractivity contribution in [3.8, 4) is 0 Å². The number of nitrogens with one attached hydrogen (secondary N) is 3. The highest BCUT2D eigenvalue weighted by molar-refractivity contribution is 5.73. The van der Waals surface area contributed by atoms with Crippen LogP contribution in [0.15, 0.2) is 66.7 Å². The van der Waals surface area contributed by atoms with Crippen LogP contribution in [-0.2, 0) is 33.8 Å². The van der Waals surface area contributed by atoms with Crippen molar-refractivity contribution in [1.29, 1.82) is 0 Å². The number of anilines is 3. The highest BCUT2D eigenvalue weighted by Crippen LogP contribution is 2.33. The molecule has 18 N–H and O–H groups in total. The summed E-state index contributed by atoms with van der Waals surface area (Å²) >= 11 is 0. The minimum Gasteiger partial charge on any atom is -0.394 e. The number of hydrogen-bond acceptors (Lipinski definition) is 24. The Hall–Kier alpha value is -7.41. The van der Waals surface area contributed by atoms with Gasteiger partial charge in [-0.2, -0.15) is 15.0 Å². The van der Waals surface area contributed by atoms with E-state index in [9.17, 15) is 74.7 Å². The molecule has 0 radical (unpaired) electrons. The highest BCUT2D eigenvalue weighted by atomic mass is 16.6. The van der Waals surface area contributed by atoms with Gasteiger partial charge in [0.2, 0.25) is 17.8 Å². The first-order chi connectivity index (χ1) is 34.2. The van der Waals surface area contributed by atoms with Gasteiger partial charge in [-0.1, -0.05) is 18.2 Å². The number of aliphatic hydroxyl groups excluding tert-OH is 9. The van der Waals surface area contributed by atoms with Crippen LogP contribution >= 0.6 is 0 Å². The topological polar surface area (TPSA) is 506 Å². The molecule has 12 atom stereocenters. The van der Waals surface area contributed by atoms with E-state index in [0.29, 0.717) is 0 Å². The maximum absolute atomic E-state index is 12.7. The molecule has 9 rings (SSSR count). The van der Waals surface area contributed by atoms with Crippen molar-refractivity contribution in [2.24, 2.45) is 0 Å². The van der Waals surface area contributed by atoms with Gasteiger partial charge in [0.25, 0.3) is 16.7 Å². The Labute approximate surface area is 399 Å². The number of nitrogens with two attached hydrogens (primary N) is 3. The van der Waals surface area contributed by atoms with E-state index in [4.69, 9.17) is 31.4 Å². The molecule has 3 aliphatic heterocycles. The molecule has 6 aromatic heterocycles. The van der Waals surface area contributed by atoms with Crippen LogP contribution in [0.3, 0.4) is 0 Å². The number of aromatic amines is 3. The molecule has 0 aromatic carbocycles. The van der Waals surface area contributed by atoms with Crippen molar-refractivity contribution in [2.75, 3.05) is 37.0 Å². The Morgan fingerprint density at radius 2 is 0.694 bits per heavy atom. The molecule has 6 aromatic rings. The minimum atomic E-state index is -1.50. The van der Waals surface area contributed by atoms with Gasteiger partial charge in [-0.25, -0.2) is 28.1 Å². The first-order valence-corrected chi connectivity index (χ1v) is 21.4. The number of nitrogen functional groups attached to an aromatic ring is 3. The standard InChI is InChI=1S/3C13H17N5O6/c3*1-2-3-17-6-9(15-12(14)16-10(6)22)18(13(17)23)11-8(21)7(20)5(4-19)24-11/h3*2,5,7-8,11,19-21H,1,3-4H2,(H3,14,15,16,22)/t3*5-,7-,8-,11-/m111/s1. The zero-order valence-electron chi connectivity index (χ0n) is 37.5. The average Bonchev–Trinajstić information content (AvgIpc) is 4.11. The zero-order chi connectivity index (χ0) is 52.8. The number of imidazole rings is 3. The monoisotopic (exact) mass is 1020 g/mol. The van der Waals surface area contributed by atoms with Crippen molar-refractivity contribution in [3.05, 3.63) is 100 Å². The molecular weight excluding hydrogens is 967 g/mol. The van der Waals surface area contributed by atoms with Gasteiger partial charge < -0.3 is 77.4 Å². The molecule has 3 aliphatic rings. The van der Waals surface area contributed by atoms with Crippen LogP contribution in [0.2, 0.25) is 0 Å². The molecule has 390 valence electrons. The second-order valence-corrected chi connectivity index (χ2v) is 16.2. The summed E-state index contributed by atoms with van der Waals surface area (Å²) in [5, 5.41) is 87.7. The summed E-state index contributed by atoms with van der Waals surface area (Å²) < 4.78 is 22.2. The predicted octanol–water partition coefficient (Wildman–Crippen LogP) is -8.20. The number of rotatable bonds is 12. The number of hydrogen-bond donors (Lipinski definition) is 15. The first-order valence-electron chi connectivity index (χ1n) is 21.4. The Morgan fingerprint density at radius 1 is 0.458 bits per heavy atom. The number of nitrogens with zero attached hydrogens (tertiary/aromatic N) is 9. The molecule has 0 unspecified atom stereocenters. The largest absolute Gasteiger partial charge is 0.394 e. The van der Waals surface area contributed by atoms with Crippen molar-refractivity contribution in [2.45, 2.75) is 93.3 Å². The van der Waals surface area contributed by atoms with E-state index in [1.807, 2.05) is 0 Å². The summed E-state index contributed by atoms with van der Waals surface area (Å²) in [6, 6.07) is 0. The van der Waals surface area contributed by atoms with E-state index in [-0.39, 0.29) is 71.0 Å². The van der Waals surface area contributed by atoms with E-state index in [1.54, 1.807) is 0 Å². The quantitative estimate of drug-likeness (QED) is 0.0506. The summed E-state index contributed by atoms with van der Waals surface area (Å²) in [5.41, 5.74) is 12.1. The summed E-state index contributed by atoms with van der Waals surface area (Å²) in [4.78, 5) is 93.3. The van der Waals surface area contributed by atoms with Gasteiger partial charge in [0, 0.05) is 19.6 Å². The normalized spacial score (nSPS) is 27.0. The minimum absolute atomic E-state index is 0.0197. The summed E-state index contributed by atoms with van der Waals surface area (Å²) in [5.74, 6) is -0.656. The van der Waals surface area contributed by atoms with E-state index in [2.05, 4.69) is 49.6 Å². The number of aliphatic hydroxyl groups is 9. The number of ether oxygens (including phenoxy) is 3. The molecule has 3 saturated heterocycles. The van der Waals surface area contributed by atoms with Gasteiger partial charge in [-0.05, 0) is 0 Å². The van der Waals surface area contributed by atoms with Crippen LogP contribution in [0, 0.1) is 0 Å². The van der Waals surface area contributed by atoms with E-state index >= 15 is 0 Å². The molecule has 0 amide bonds. The average molecular weight is 1020 g/mol. The Kier molecular flexibility index (Phi) is 15.1. The van der Waals surface area contributed by atoms with Gasteiger partial charge in [0.1, 0.15) is 54.9 Å². The van der Waals surface area contributed by atoms with E-state index in [0.717, 1.165) is 27.4 Å². The van der Waals surface area contributed by atoms with E-state index in [1.165, 1.54) is 18.2 Å². The van der Waals surface area contributed by atoms with Crippen LogP contribution in [0.5, 0.6) is 0 Å². The second-order valence-electron chi connectivity index (χ2n) is 16.2. The summed E-state index contributed by atoms with van der Waals surface area (Å²) in [6.07, 6.45) is -11.6. The SMILES string of the molecule is C=CCn1c(=O)n([C@@H]2O[C@H](CO)[C@@H](O)[C@H]2O)c2nc(N)[nH]c(=O)c21.C=CCn1c(=O)n([C@@H]2O[C@H](CO)[C@@H](O)[C@H]2O)c2nc(N)[nH]c(=O)c21.C=CCn1c(=O)n([C@@H]2O[C@H](CO)[C@@H](O)[C@H]2O)c2nc(N)[nH]c(=O)c21. The van der Waals surface area contributed by atoms with Crippen LogP contribution < -0.4 is 50.9 Å². The zero-order valence-corrected chi connectivity index (χ0v) is 37.5. The van der Waals surface area contributed by atoms with Gasteiger partial charge in [-0.3, -0.25) is 43.0 Å². The molecule has 9 heterocycles. The third-order valence-electron chi connectivity index (χ3n) is 11.7. The molecule has 33 nitrogen and oxygen atoms in total. The Balaban J connectivity index is 0.000000158. The molecule has 0 spiro atoms. The predicted molar refractivity (Wildman–Crippen MR) is 247 cm³/mol. The lowest BCUT2D eigenvalue weighted by atomic mass is 10.1. The third kappa shape index (κ3) is 8.87. The fraction of sp³-hybridized carbons (Fsp3) is 0.462.